The van der Waals surface area contributed by atoms with Gasteiger partial charge in [0.25, 0.3) is 0 Å². The highest BCUT2D eigenvalue weighted by molar-refractivity contribution is 7.98. The number of hydrogen-bond acceptors (Lipinski definition) is 4. The molecule has 0 unspecified atom stereocenters. The van der Waals surface area contributed by atoms with Gasteiger partial charge in [0.05, 0.1) is 0 Å². The Balaban J connectivity index is 2.32. The van der Waals surface area contributed by atoms with Crippen molar-refractivity contribution in [3.8, 4) is 0 Å². The van der Waals surface area contributed by atoms with Crippen LogP contribution in [0.5, 0.6) is 0 Å². The van der Waals surface area contributed by atoms with Gasteiger partial charge in [-0.3, -0.25) is 4.79 Å². The molecule has 1 aromatic rings. The van der Waals surface area contributed by atoms with Crippen molar-refractivity contribution in [1.82, 2.24) is 0 Å². The van der Waals surface area contributed by atoms with Gasteiger partial charge in [-0.15, -0.1) is 0 Å². The van der Waals surface area contributed by atoms with Crippen LogP contribution >= 0.6 is 11.8 Å². The van der Waals surface area contributed by atoms with E-state index in [2.05, 4.69) is 31.2 Å². The third-order valence-corrected chi connectivity index (χ3v) is 3.53. The number of carbonyl (C=O) groups excluding carboxylic acids is 1. The first-order valence-corrected chi connectivity index (χ1v) is 7.55. The van der Waals surface area contributed by atoms with Gasteiger partial charge in [-0.05, 0) is 33.3 Å². The molecule has 0 aromatic heterocycles. The lowest BCUT2D eigenvalue weighted by Gasteiger charge is -2.22. The van der Waals surface area contributed by atoms with Crippen molar-refractivity contribution >= 4 is 17.7 Å². The lowest BCUT2D eigenvalue weighted by Crippen LogP contribution is -2.39. The maximum absolute atomic E-state index is 11.7. The van der Waals surface area contributed by atoms with Gasteiger partial charge in [0, 0.05) is 11.5 Å². The van der Waals surface area contributed by atoms with E-state index in [1.54, 1.807) is 11.8 Å². The van der Waals surface area contributed by atoms with Crippen molar-refractivity contribution in [2.75, 3.05) is 5.75 Å². The number of carbonyl (C=O) groups is 1. The van der Waals surface area contributed by atoms with E-state index in [9.17, 15) is 4.79 Å². The molecule has 0 aliphatic carbocycles. The molecule has 19 heavy (non-hydrogen) atoms. The van der Waals surface area contributed by atoms with Gasteiger partial charge in [-0.2, -0.15) is 11.8 Å². The molecule has 0 saturated carbocycles. The molecule has 106 valence electrons. The van der Waals surface area contributed by atoms with E-state index in [1.165, 1.54) is 11.1 Å². The van der Waals surface area contributed by atoms with Gasteiger partial charge in [0.1, 0.15) is 11.6 Å². The SMILES string of the molecule is Cc1ccc(CSC[C@H](N)C(=O)OC(C)(C)C)cc1. The third kappa shape index (κ3) is 6.64. The van der Waals surface area contributed by atoms with Gasteiger partial charge >= 0.3 is 5.97 Å². The largest absolute Gasteiger partial charge is 0.459 e. The van der Waals surface area contributed by atoms with Crippen LogP contribution < -0.4 is 5.73 Å². The Labute approximate surface area is 119 Å². The Morgan fingerprint density at radius 3 is 2.42 bits per heavy atom. The Morgan fingerprint density at radius 1 is 1.32 bits per heavy atom. The third-order valence-electron chi connectivity index (χ3n) is 2.40. The van der Waals surface area contributed by atoms with Gasteiger partial charge in [-0.1, -0.05) is 29.8 Å². The Hall–Kier alpha value is -1.00. The predicted molar refractivity (Wildman–Crippen MR) is 81.2 cm³/mol. The molecule has 0 spiro atoms. The van der Waals surface area contributed by atoms with Crippen molar-refractivity contribution in [2.45, 2.75) is 45.1 Å². The molecule has 1 aromatic carbocycles. The first kappa shape index (κ1) is 16.1. The number of thioether (sulfide) groups is 1. The summed E-state index contributed by atoms with van der Waals surface area (Å²) in [5, 5.41) is 0. The molecule has 0 radical (unpaired) electrons. The summed E-state index contributed by atoms with van der Waals surface area (Å²) >= 11 is 1.65. The molecule has 0 saturated heterocycles. The second-order valence-corrected chi connectivity index (χ2v) is 6.67. The van der Waals surface area contributed by atoms with Crippen LogP contribution in [0.15, 0.2) is 24.3 Å². The second-order valence-electron chi connectivity index (χ2n) is 5.64. The van der Waals surface area contributed by atoms with Crippen LogP contribution in [-0.2, 0) is 15.3 Å². The standard InChI is InChI=1S/C15H23NO2S/c1-11-5-7-12(8-6-11)9-19-10-13(16)14(17)18-15(2,3)4/h5-8,13H,9-10,16H2,1-4H3/t13-/m0/s1. The summed E-state index contributed by atoms with van der Waals surface area (Å²) in [5.74, 6) is 1.10. The number of esters is 1. The molecule has 0 bridgehead atoms. The fraction of sp³-hybridized carbons (Fsp3) is 0.533. The summed E-state index contributed by atoms with van der Waals surface area (Å²) in [6.07, 6.45) is 0. The summed E-state index contributed by atoms with van der Waals surface area (Å²) in [4.78, 5) is 11.7. The fourth-order valence-corrected chi connectivity index (χ4v) is 2.37. The van der Waals surface area contributed by atoms with Crippen LogP contribution in [0.3, 0.4) is 0 Å². The normalized spacial score (nSPS) is 13.1. The molecular weight excluding hydrogens is 258 g/mol. The molecule has 0 heterocycles. The zero-order valence-corrected chi connectivity index (χ0v) is 12.9. The number of rotatable bonds is 5. The van der Waals surface area contributed by atoms with E-state index in [-0.39, 0.29) is 5.97 Å². The van der Waals surface area contributed by atoms with Crippen LogP contribution in [0.1, 0.15) is 31.9 Å². The number of hydrogen-bond donors (Lipinski definition) is 1. The maximum Gasteiger partial charge on any atom is 0.324 e. The molecule has 0 aliphatic rings. The Morgan fingerprint density at radius 2 is 1.89 bits per heavy atom. The highest BCUT2D eigenvalue weighted by atomic mass is 32.2. The van der Waals surface area contributed by atoms with E-state index in [0.717, 1.165) is 5.75 Å². The van der Waals surface area contributed by atoms with Crippen molar-refractivity contribution in [2.24, 2.45) is 5.73 Å². The molecule has 0 amide bonds. The zero-order chi connectivity index (χ0) is 14.5. The van der Waals surface area contributed by atoms with Crippen molar-refractivity contribution in [1.29, 1.82) is 0 Å². The maximum atomic E-state index is 11.7. The molecule has 0 aliphatic heterocycles. The van der Waals surface area contributed by atoms with E-state index < -0.39 is 11.6 Å². The smallest absolute Gasteiger partial charge is 0.324 e. The van der Waals surface area contributed by atoms with E-state index in [4.69, 9.17) is 10.5 Å². The number of ether oxygens (including phenoxy) is 1. The monoisotopic (exact) mass is 281 g/mol. The van der Waals surface area contributed by atoms with Crippen molar-refractivity contribution < 1.29 is 9.53 Å². The number of aryl methyl sites for hydroxylation is 1. The average molecular weight is 281 g/mol. The first-order valence-electron chi connectivity index (χ1n) is 6.39. The van der Waals surface area contributed by atoms with Gasteiger partial charge in [-0.25, -0.2) is 0 Å². The topological polar surface area (TPSA) is 52.3 Å². The molecule has 0 fully saturated rings. The van der Waals surface area contributed by atoms with Crippen LogP contribution in [0.2, 0.25) is 0 Å². The van der Waals surface area contributed by atoms with Crippen LogP contribution in [-0.4, -0.2) is 23.4 Å². The Kier molecular flexibility index (Phi) is 5.88. The minimum Gasteiger partial charge on any atom is -0.459 e. The molecule has 4 heteroatoms. The first-order chi connectivity index (χ1) is 8.78. The zero-order valence-electron chi connectivity index (χ0n) is 12.1. The molecular formula is C15H23NO2S. The predicted octanol–water partition coefficient (Wildman–Crippen LogP) is 2.90. The average Bonchev–Trinajstić information content (AvgIpc) is 2.29. The van der Waals surface area contributed by atoms with E-state index >= 15 is 0 Å². The van der Waals surface area contributed by atoms with Gasteiger partial charge in [0.15, 0.2) is 0 Å². The van der Waals surface area contributed by atoms with Crippen molar-refractivity contribution in [3.63, 3.8) is 0 Å². The lowest BCUT2D eigenvalue weighted by molar-refractivity contribution is -0.155. The second kappa shape index (κ2) is 6.96. The summed E-state index contributed by atoms with van der Waals surface area (Å²) in [7, 11) is 0. The van der Waals surface area contributed by atoms with Crippen LogP contribution in [0.25, 0.3) is 0 Å². The molecule has 1 rings (SSSR count). The highest BCUT2D eigenvalue weighted by Gasteiger charge is 2.21. The minimum absolute atomic E-state index is 0.330. The van der Waals surface area contributed by atoms with Gasteiger partial charge in [0.2, 0.25) is 0 Å². The van der Waals surface area contributed by atoms with Crippen LogP contribution in [0.4, 0.5) is 0 Å². The van der Waals surface area contributed by atoms with E-state index in [0.29, 0.717) is 5.75 Å². The fourth-order valence-electron chi connectivity index (χ4n) is 1.43. The molecule has 3 nitrogen and oxygen atoms in total. The summed E-state index contributed by atoms with van der Waals surface area (Å²) < 4.78 is 5.24. The summed E-state index contributed by atoms with van der Waals surface area (Å²) in [6, 6.07) is 7.81. The van der Waals surface area contributed by atoms with Crippen molar-refractivity contribution in [3.05, 3.63) is 35.4 Å². The molecule has 2 N–H and O–H groups in total. The van der Waals surface area contributed by atoms with Gasteiger partial charge < -0.3 is 10.5 Å². The summed E-state index contributed by atoms with van der Waals surface area (Å²) in [5.41, 5.74) is 7.83. The molecule has 1 atom stereocenters. The highest BCUT2D eigenvalue weighted by Crippen LogP contribution is 2.15. The number of nitrogens with two attached hydrogens (primary N) is 1. The lowest BCUT2D eigenvalue weighted by atomic mass is 10.2. The minimum atomic E-state index is -0.560. The quantitative estimate of drug-likeness (QED) is 0.843. The van der Waals surface area contributed by atoms with Crippen LogP contribution in [0, 0.1) is 6.92 Å². The Bertz CT molecular complexity index is 409. The number of benzene rings is 1. The van der Waals surface area contributed by atoms with E-state index in [1.807, 2.05) is 20.8 Å². The summed E-state index contributed by atoms with van der Waals surface area (Å²) in [6.45, 7) is 7.60.